The zero-order valence-corrected chi connectivity index (χ0v) is 12.0. The number of Topliss-reactive ketones (excluding diaryl/α,β-unsaturated/α-hetero) is 1. The molecule has 0 heterocycles. The smallest absolute Gasteiger partial charge is 0.169 e. The van der Waals surface area contributed by atoms with Gasteiger partial charge in [-0.3, -0.25) is 4.79 Å². The highest BCUT2D eigenvalue weighted by molar-refractivity contribution is 6.00. The van der Waals surface area contributed by atoms with E-state index in [0.29, 0.717) is 0 Å². The van der Waals surface area contributed by atoms with Crippen molar-refractivity contribution in [2.45, 2.75) is 58.5 Å². The topological polar surface area (TPSA) is 26.3 Å². The molecule has 1 aliphatic carbocycles. The van der Waals surface area contributed by atoms with Crippen LogP contribution in [0, 0.1) is 5.92 Å². The van der Waals surface area contributed by atoms with Crippen LogP contribution in [-0.2, 0) is 0 Å². The van der Waals surface area contributed by atoms with Crippen molar-refractivity contribution in [3.8, 4) is 5.75 Å². The molecule has 0 radical (unpaired) electrons. The first-order chi connectivity index (χ1) is 9.18. The van der Waals surface area contributed by atoms with Gasteiger partial charge in [-0.2, -0.15) is 0 Å². The lowest BCUT2D eigenvalue weighted by atomic mass is 9.90. The first-order valence-electron chi connectivity index (χ1n) is 7.48. The summed E-state index contributed by atoms with van der Waals surface area (Å²) in [5, 5.41) is 0. The van der Waals surface area contributed by atoms with Crippen LogP contribution in [0.4, 0.5) is 0 Å². The molecule has 0 spiro atoms. The van der Waals surface area contributed by atoms with Gasteiger partial charge in [0.25, 0.3) is 0 Å². The molecule has 1 aromatic carbocycles. The number of ether oxygens (including phenoxy) is 1. The van der Waals surface area contributed by atoms with Gasteiger partial charge in [0.2, 0.25) is 0 Å². The molecule has 2 nitrogen and oxygen atoms in total. The fraction of sp³-hybridized carbons (Fsp3) is 0.588. The van der Waals surface area contributed by atoms with Gasteiger partial charge in [0.1, 0.15) is 5.75 Å². The predicted molar refractivity (Wildman–Crippen MR) is 77.7 cm³/mol. The van der Waals surface area contributed by atoms with E-state index in [1.54, 1.807) is 0 Å². The van der Waals surface area contributed by atoms with E-state index < -0.39 is 0 Å². The summed E-state index contributed by atoms with van der Waals surface area (Å²) in [6.07, 6.45) is 7.08. The Morgan fingerprint density at radius 3 is 2.37 bits per heavy atom. The summed E-state index contributed by atoms with van der Waals surface area (Å²) in [7, 11) is 0. The maximum Gasteiger partial charge on any atom is 0.169 e. The molecule has 0 bridgehead atoms. The molecule has 1 saturated carbocycles. The van der Waals surface area contributed by atoms with Crippen LogP contribution in [0.3, 0.4) is 0 Å². The number of benzene rings is 1. The minimum atomic E-state index is 0.100. The molecule has 0 atom stereocenters. The monoisotopic (exact) mass is 260 g/mol. The quantitative estimate of drug-likeness (QED) is 0.583. The van der Waals surface area contributed by atoms with Crippen molar-refractivity contribution in [1.29, 1.82) is 0 Å². The second-order valence-electron chi connectivity index (χ2n) is 5.72. The number of carbonyl (C=O) groups is 1. The second-order valence-corrected chi connectivity index (χ2v) is 5.72. The van der Waals surface area contributed by atoms with Gasteiger partial charge in [-0.15, -0.1) is 0 Å². The van der Waals surface area contributed by atoms with Crippen molar-refractivity contribution in [2.75, 3.05) is 0 Å². The molecule has 104 valence electrons. The third kappa shape index (κ3) is 3.82. The van der Waals surface area contributed by atoms with Crippen LogP contribution in [0.1, 0.15) is 62.7 Å². The number of rotatable bonds is 4. The SMILES string of the molecule is CC(C)Oc1ccccc1C(=O)C1CCCCCC1. The van der Waals surface area contributed by atoms with Crippen molar-refractivity contribution in [3.63, 3.8) is 0 Å². The molecule has 1 aliphatic rings. The van der Waals surface area contributed by atoms with Crippen LogP contribution in [0.5, 0.6) is 5.75 Å². The molecule has 1 fully saturated rings. The average Bonchev–Trinajstić information content (AvgIpc) is 2.67. The standard InChI is InChI=1S/C17H24O2/c1-13(2)19-16-12-8-7-11-15(16)17(18)14-9-5-3-4-6-10-14/h7-8,11-14H,3-6,9-10H2,1-2H3. The van der Waals surface area contributed by atoms with E-state index >= 15 is 0 Å². The lowest BCUT2D eigenvalue weighted by Crippen LogP contribution is -2.17. The van der Waals surface area contributed by atoms with Crippen LogP contribution in [-0.4, -0.2) is 11.9 Å². The first kappa shape index (κ1) is 14.1. The van der Waals surface area contributed by atoms with Crippen molar-refractivity contribution in [1.82, 2.24) is 0 Å². The Morgan fingerprint density at radius 2 is 1.74 bits per heavy atom. The third-order valence-corrected chi connectivity index (χ3v) is 3.74. The molecule has 0 aromatic heterocycles. The van der Waals surface area contributed by atoms with Crippen LogP contribution < -0.4 is 4.74 Å². The zero-order chi connectivity index (χ0) is 13.7. The molecular weight excluding hydrogens is 236 g/mol. The van der Waals surface area contributed by atoms with E-state index in [2.05, 4.69) is 0 Å². The number of para-hydroxylation sites is 1. The Morgan fingerprint density at radius 1 is 1.11 bits per heavy atom. The van der Waals surface area contributed by atoms with E-state index in [-0.39, 0.29) is 17.8 Å². The van der Waals surface area contributed by atoms with Gasteiger partial charge in [0, 0.05) is 5.92 Å². The Bertz CT molecular complexity index is 415. The van der Waals surface area contributed by atoms with E-state index in [0.717, 1.165) is 24.2 Å². The van der Waals surface area contributed by atoms with Gasteiger partial charge >= 0.3 is 0 Å². The lowest BCUT2D eigenvalue weighted by Gasteiger charge is -2.17. The summed E-state index contributed by atoms with van der Waals surface area (Å²) < 4.78 is 5.77. The number of ketones is 1. The summed E-state index contributed by atoms with van der Waals surface area (Å²) in [5.41, 5.74) is 0.767. The van der Waals surface area contributed by atoms with Crippen molar-refractivity contribution >= 4 is 5.78 Å². The molecule has 1 aromatic rings. The Kier molecular flexibility index (Phi) is 5.00. The lowest BCUT2D eigenvalue weighted by molar-refractivity contribution is 0.0902. The highest BCUT2D eigenvalue weighted by atomic mass is 16.5. The predicted octanol–water partition coefficient (Wildman–Crippen LogP) is 4.63. The molecule has 2 heteroatoms. The van der Waals surface area contributed by atoms with E-state index in [9.17, 15) is 4.79 Å². The second kappa shape index (κ2) is 6.74. The molecule has 0 saturated heterocycles. The van der Waals surface area contributed by atoms with Gasteiger partial charge < -0.3 is 4.74 Å². The van der Waals surface area contributed by atoms with E-state index in [1.165, 1.54) is 25.7 Å². The molecule has 0 N–H and O–H groups in total. The van der Waals surface area contributed by atoms with Crippen molar-refractivity contribution in [3.05, 3.63) is 29.8 Å². The van der Waals surface area contributed by atoms with Gasteiger partial charge in [0.05, 0.1) is 11.7 Å². The van der Waals surface area contributed by atoms with Gasteiger partial charge in [-0.1, -0.05) is 37.8 Å². The molecule has 0 aliphatic heterocycles. The Balaban J connectivity index is 2.17. The number of carbonyl (C=O) groups excluding carboxylic acids is 1. The summed E-state index contributed by atoms with van der Waals surface area (Å²) in [6, 6.07) is 7.67. The summed E-state index contributed by atoms with van der Waals surface area (Å²) in [4.78, 5) is 12.7. The largest absolute Gasteiger partial charge is 0.490 e. The average molecular weight is 260 g/mol. The Hall–Kier alpha value is -1.31. The third-order valence-electron chi connectivity index (χ3n) is 3.74. The molecular formula is C17H24O2. The van der Waals surface area contributed by atoms with Crippen molar-refractivity contribution in [2.24, 2.45) is 5.92 Å². The van der Waals surface area contributed by atoms with Gasteiger partial charge in [0.15, 0.2) is 5.78 Å². The fourth-order valence-corrected chi connectivity index (χ4v) is 2.79. The number of hydrogen-bond donors (Lipinski definition) is 0. The molecule has 0 unspecified atom stereocenters. The minimum absolute atomic E-state index is 0.100. The van der Waals surface area contributed by atoms with Gasteiger partial charge in [-0.25, -0.2) is 0 Å². The van der Waals surface area contributed by atoms with Crippen LogP contribution in [0.15, 0.2) is 24.3 Å². The van der Waals surface area contributed by atoms with E-state index in [1.807, 2.05) is 38.1 Å². The van der Waals surface area contributed by atoms with Crippen molar-refractivity contribution < 1.29 is 9.53 Å². The zero-order valence-electron chi connectivity index (χ0n) is 12.0. The molecule has 0 amide bonds. The van der Waals surface area contributed by atoms with Crippen LogP contribution in [0.2, 0.25) is 0 Å². The summed E-state index contributed by atoms with van der Waals surface area (Å²) in [6.45, 7) is 3.99. The molecule has 2 rings (SSSR count). The van der Waals surface area contributed by atoms with Crippen LogP contribution in [0.25, 0.3) is 0 Å². The molecule has 19 heavy (non-hydrogen) atoms. The van der Waals surface area contributed by atoms with Crippen LogP contribution >= 0.6 is 0 Å². The first-order valence-corrected chi connectivity index (χ1v) is 7.48. The highest BCUT2D eigenvalue weighted by Gasteiger charge is 2.23. The highest BCUT2D eigenvalue weighted by Crippen LogP contribution is 2.29. The Labute approximate surface area is 116 Å². The normalized spacial score (nSPS) is 17.2. The van der Waals surface area contributed by atoms with Gasteiger partial charge in [-0.05, 0) is 38.8 Å². The number of hydrogen-bond acceptors (Lipinski definition) is 2. The minimum Gasteiger partial charge on any atom is -0.490 e. The summed E-state index contributed by atoms with van der Waals surface area (Å²) in [5.74, 6) is 1.21. The summed E-state index contributed by atoms with van der Waals surface area (Å²) >= 11 is 0. The maximum atomic E-state index is 12.7. The maximum absolute atomic E-state index is 12.7. The fourth-order valence-electron chi connectivity index (χ4n) is 2.79. The van der Waals surface area contributed by atoms with E-state index in [4.69, 9.17) is 4.74 Å².